The molecule has 0 bridgehead atoms. The van der Waals surface area contributed by atoms with Crippen molar-refractivity contribution < 1.29 is 22.3 Å². The van der Waals surface area contributed by atoms with Crippen LogP contribution in [0.5, 0.6) is 5.75 Å². The van der Waals surface area contributed by atoms with Crippen LogP contribution in [0.3, 0.4) is 0 Å². The third-order valence-corrected chi connectivity index (χ3v) is 5.85. The minimum Gasteiger partial charge on any atom is -0.495 e. The zero-order valence-corrected chi connectivity index (χ0v) is 17.1. The number of hydrogen-bond donors (Lipinski definition) is 2. The summed E-state index contributed by atoms with van der Waals surface area (Å²) >= 11 is 0. The van der Waals surface area contributed by atoms with E-state index < -0.39 is 21.7 Å². The maximum atomic E-state index is 13.0. The van der Waals surface area contributed by atoms with E-state index in [0.29, 0.717) is 12.1 Å². The Balaban J connectivity index is 1.77. The number of carbonyl (C=O) groups excluding carboxylic acids is 1. The molecule has 0 fully saturated rings. The summed E-state index contributed by atoms with van der Waals surface area (Å²) in [6.07, 6.45) is 0.521. The molecular formula is C22H21FN2O4S. The highest BCUT2D eigenvalue weighted by Gasteiger charge is 2.21. The van der Waals surface area contributed by atoms with Crippen LogP contribution < -0.4 is 14.8 Å². The van der Waals surface area contributed by atoms with Crippen molar-refractivity contribution in [3.63, 3.8) is 0 Å². The molecule has 6 nitrogen and oxygen atoms in total. The Morgan fingerprint density at radius 3 is 2.37 bits per heavy atom. The number of benzene rings is 3. The molecule has 0 aromatic heterocycles. The van der Waals surface area contributed by atoms with E-state index in [2.05, 4.69) is 10.0 Å². The minimum atomic E-state index is -3.91. The van der Waals surface area contributed by atoms with Gasteiger partial charge in [0.15, 0.2) is 0 Å². The predicted octanol–water partition coefficient (Wildman–Crippen LogP) is 3.61. The van der Waals surface area contributed by atoms with Crippen molar-refractivity contribution in [1.82, 2.24) is 4.72 Å². The smallest absolute Gasteiger partial charge is 0.255 e. The van der Waals surface area contributed by atoms with Gasteiger partial charge in [0.25, 0.3) is 5.91 Å². The Kier molecular flexibility index (Phi) is 6.81. The fourth-order valence-corrected chi connectivity index (χ4v) is 4.04. The number of sulfonamides is 1. The molecule has 0 unspecified atom stereocenters. The summed E-state index contributed by atoms with van der Waals surface area (Å²) in [6, 6.07) is 18.9. The maximum Gasteiger partial charge on any atom is 0.255 e. The first-order chi connectivity index (χ1) is 14.4. The minimum absolute atomic E-state index is 0.126. The summed E-state index contributed by atoms with van der Waals surface area (Å²) in [7, 11) is -2.55. The highest BCUT2D eigenvalue weighted by atomic mass is 32.2. The molecule has 0 spiro atoms. The molecule has 0 aliphatic heterocycles. The van der Waals surface area contributed by atoms with E-state index in [0.717, 1.165) is 5.56 Å². The Morgan fingerprint density at radius 2 is 1.70 bits per heavy atom. The van der Waals surface area contributed by atoms with E-state index in [1.807, 2.05) is 30.3 Å². The van der Waals surface area contributed by atoms with E-state index in [9.17, 15) is 17.6 Å². The van der Waals surface area contributed by atoms with E-state index in [-0.39, 0.29) is 22.8 Å². The van der Waals surface area contributed by atoms with Crippen LogP contribution in [0.1, 0.15) is 15.9 Å². The van der Waals surface area contributed by atoms with E-state index in [4.69, 9.17) is 4.74 Å². The molecule has 0 heterocycles. The molecule has 3 aromatic carbocycles. The van der Waals surface area contributed by atoms with E-state index in [1.165, 1.54) is 49.6 Å². The van der Waals surface area contributed by atoms with Crippen LogP contribution in [0.25, 0.3) is 0 Å². The molecular weight excluding hydrogens is 407 g/mol. The first-order valence-corrected chi connectivity index (χ1v) is 10.7. The third kappa shape index (κ3) is 5.43. The lowest BCUT2D eigenvalue weighted by atomic mass is 10.2. The number of hydrogen-bond acceptors (Lipinski definition) is 4. The number of nitrogens with one attached hydrogen (secondary N) is 2. The fraction of sp³-hybridized carbons (Fsp3) is 0.136. The van der Waals surface area contributed by atoms with Gasteiger partial charge in [-0.1, -0.05) is 30.3 Å². The number of halogens is 1. The molecule has 30 heavy (non-hydrogen) atoms. The average Bonchev–Trinajstić information content (AvgIpc) is 2.75. The lowest BCUT2D eigenvalue weighted by Crippen LogP contribution is -2.27. The highest BCUT2D eigenvalue weighted by Crippen LogP contribution is 2.25. The molecule has 1 amide bonds. The van der Waals surface area contributed by atoms with Crippen LogP contribution in [0.4, 0.5) is 10.1 Å². The molecule has 0 saturated heterocycles. The predicted molar refractivity (Wildman–Crippen MR) is 113 cm³/mol. The average molecular weight is 428 g/mol. The quantitative estimate of drug-likeness (QED) is 0.574. The first kappa shape index (κ1) is 21.5. The summed E-state index contributed by atoms with van der Waals surface area (Å²) in [4.78, 5) is 12.4. The SMILES string of the molecule is COc1ccc(C(=O)Nc2ccc(F)cc2)cc1S(=O)(=O)NCCc1ccccc1. The van der Waals surface area contributed by atoms with Gasteiger partial charge in [-0.2, -0.15) is 0 Å². The van der Waals surface area contributed by atoms with Crippen molar-refractivity contribution in [1.29, 1.82) is 0 Å². The number of ether oxygens (including phenoxy) is 1. The Labute approximate surface area is 174 Å². The van der Waals surface area contributed by atoms with Crippen LogP contribution in [0.2, 0.25) is 0 Å². The van der Waals surface area contributed by atoms with Crippen molar-refractivity contribution in [2.24, 2.45) is 0 Å². The molecule has 0 aliphatic rings. The number of amides is 1. The fourth-order valence-electron chi connectivity index (χ4n) is 2.82. The molecule has 0 aliphatic carbocycles. The van der Waals surface area contributed by atoms with Crippen molar-refractivity contribution >= 4 is 21.6 Å². The number of rotatable bonds is 8. The number of methoxy groups -OCH3 is 1. The van der Waals surface area contributed by atoms with Gasteiger partial charge in [-0.15, -0.1) is 0 Å². The second kappa shape index (κ2) is 9.51. The van der Waals surface area contributed by atoms with Crippen molar-refractivity contribution in [3.05, 3.63) is 89.7 Å². The van der Waals surface area contributed by atoms with Crippen molar-refractivity contribution in [3.8, 4) is 5.75 Å². The largest absolute Gasteiger partial charge is 0.495 e. The summed E-state index contributed by atoms with van der Waals surface area (Å²) in [6.45, 7) is 0.196. The van der Waals surface area contributed by atoms with Crippen LogP contribution in [-0.2, 0) is 16.4 Å². The van der Waals surface area contributed by atoms with E-state index >= 15 is 0 Å². The zero-order valence-electron chi connectivity index (χ0n) is 16.3. The van der Waals surface area contributed by atoms with E-state index in [1.54, 1.807) is 0 Å². The molecule has 0 atom stereocenters. The van der Waals surface area contributed by atoms with Crippen molar-refractivity contribution in [2.45, 2.75) is 11.3 Å². The van der Waals surface area contributed by atoms with Crippen LogP contribution in [0, 0.1) is 5.82 Å². The van der Waals surface area contributed by atoms with Gasteiger partial charge < -0.3 is 10.1 Å². The maximum absolute atomic E-state index is 13.0. The summed E-state index contributed by atoms with van der Waals surface area (Å²) < 4.78 is 46.4. The second-order valence-electron chi connectivity index (χ2n) is 6.46. The molecule has 8 heteroatoms. The van der Waals surface area contributed by atoms with Gasteiger partial charge in [-0.05, 0) is 54.4 Å². The van der Waals surface area contributed by atoms with Gasteiger partial charge in [0, 0.05) is 17.8 Å². The third-order valence-electron chi connectivity index (χ3n) is 4.37. The van der Waals surface area contributed by atoms with Gasteiger partial charge in [0.2, 0.25) is 10.0 Å². The lowest BCUT2D eigenvalue weighted by Gasteiger charge is -2.13. The number of anilines is 1. The zero-order chi connectivity index (χ0) is 21.6. The monoisotopic (exact) mass is 428 g/mol. The van der Waals surface area contributed by atoms with Crippen LogP contribution >= 0.6 is 0 Å². The summed E-state index contributed by atoms with van der Waals surface area (Å²) in [5, 5.41) is 2.60. The standard InChI is InChI=1S/C22H21FN2O4S/c1-29-20-12-7-17(22(26)25-19-10-8-18(23)9-11-19)15-21(20)30(27,28)24-14-13-16-5-3-2-4-6-16/h2-12,15,24H,13-14H2,1H3,(H,25,26). The van der Waals surface area contributed by atoms with Crippen LogP contribution in [-0.4, -0.2) is 28.0 Å². The molecule has 3 rings (SSSR count). The van der Waals surface area contributed by atoms with Crippen molar-refractivity contribution in [2.75, 3.05) is 19.0 Å². The highest BCUT2D eigenvalue weighted by molar-refractivity contribution is 7.89. The van der Waals surface area contributed by atoms with Gasteiger partial charge in [0.1, 0.15) is 16.5 Å². The number of carbonyl (C=O) groups is 1. The summed E-state index contributed by atoms with van der Waals surface area (Å²) in [5.74, 6) is -0.821. The molecule has 2 N–H and O–H groups in total. The normalized spacial score (nSPS) is 11.1. The topological polar surface area (TPSA) is 84.5 Å². The second-order valence-corrected chi connectivity index (χ2v) is 8.20. The molecule has 156 valence electrons. The summed E-state index contributed by atoms with van der Waals surface area (Å²) in [5.41, 5.74) is 1.52. The first-order valence-electron chi connectivity index (χ1n) is 9.17. The lowest BCUT2D eigenvalue weighted by molar-refractivity contribution is 0.102. The molecule has 3 aromatic rings. The molecule has 0 saturated carbocycles. The Bertz CT molecular complexity index is 1120. The van der Waals surface area contributed by atoms with Gasteiger partial charge in [-0.25, -0.2) is 17.5 Å². The Morgan fingerprint density at radius 1 is 1.00 bits per heavy atom. The Hall–Kier alpha value is -3.23. The van der Waals surface area contributed by atoms with Gasteiger partial charge in [-0.3, -0.25) is 4.79 Å². The van der Waals surface area contributed by atoms with Gasteiger partial charge in [0.05, 0.1) is 7.11 Å². The van der Waals surface area contributed by atoms with Gasteiger partial charge >= 0.3 is 0 Å². The van der Waals surface area contributed by atoms with Crippen LogP contribution in [0.15, 0.2) is 77.7 Å². The molecule has 0 radical (unpaired) electrons.